The third kappa shape index (κ3) is 142. The Morgan fingerprint density at radius 1 is 0.186 bits per heavy atom. The van der Waals surface area contributed by atoms with Gasteiger partial charge in [-0.25, -0.2) is 0 Å². The molecule has 0 saturated heterocycles. The number of hydrogen-bond donors (Lipinski definition) is 30. The third-order valence-corrected chi connectivity index (χ3v) is 3.04. The average molecular weight is 864 g/mol. The lowest BCUT2D eigenvalue weighted by atomic mass is 10.2. The largest absolute Gasteiger partial charge is 0.631 e. The summed E-state index contributed by atoms with van der Waals surface area (Å²) >= 11 is 0. The van der Waals surface area contributed by atoms with E-state index in [0.29, 0.717) is 0 Å². The topological polar surface area (TPSA) is 610 Å². The van der Waals surface area contributed by atoms with Crippen LogP contribution in [0.15, 0.2) is 91.0 Å². The summed E-state index contributed by atoms with van der Waals surface area (Å²) in [4.78, 5) is 2.25. The summed E-state index contributed by atoms with van der Waals surface area (Å²) in [6, 6.07) is 31.3. The molecule has 0 bridgehead atoms. The van der Waals surface area contributed by atoms with Crippen molar-refractivity contribution in [1.82, 2.24) is 0 Å². The minimum absolute atomic E-state index is 1.17. The molecular formula is C18H45B10NO30. The van der Waals surface area contributed by atoms with Crippen LogP contribution < -0.4 is 4.90 Å². The molecular weight excluding hydrogens is 818 g/mol. The van der Waals surface area contributed by atoms with Gasteiger partial charge in [0.1, 0.15) is 0 Å². The third-order valence-electron chi connectivity index (χ3n) is 3.04. The zero-order valence-corrected chi connectivity index (χ0v) is 29.8. The molecule has 0 aromatic heterocycles. The van der Waals surface area contributed by atoms with Crippen molar-refractivity contribution in [2.45, 2.75) is 0 Å². The highest BCUT2D eigenvalue weighted by Gasteiger charge is 2.10. The molecule has 0 heterocycles. The number of hydrogen-bond acceptors (Lipinski definition) is 31. The molecule has 0 aliphatic rings. The molecule has 0 saturated carbocycles. The molecule has 59 heavy (non-hydrogen) atoms. The van der Waals surface area contributed by atoms with Crippen LogP contribution in [0.2, 0.25) is 0 Å². The molecule has 3 rings (SSSR count). The molecule has 0 spiro atoms. The average Bonchev–Trinajstić information content (AvgIpc) is 3.00. The van der Waals surface area contributed by atoms with Gasteiger partial charge in [0.2, 0.25) is 0 Å². The van der Waals surface area contributed by atoms with Crippen molar-refractivity contribution in [3.8, 4) is 0 Å². The molecule has 3 aromatic rings. The maximum atomic E-state index is 7.17. The molecule has 31 nitrogen and oxygen atoms in total. The zero-order chi connectivity index (χ0) is 48.7. The van der Waals surface area contributed by atoms with Crippen molar-refractivity contribution in [2.75, 3.05) is 4.90 Å². The first kappa shape index (κ1) is 73.4. The first-order valence-corrected chi connectivity index (χ1v) is 14.1. The fourth-order valence-corrected chi connectivity index (χ4v) is 2.18. The molecule has 0 amide bonds. The maximum Gasteiger partial charge on any atom is 0.631 e. The van der Waals surface area contributed by atoms with E-state index in [-0.39, 0.29) is 0 Å². The summed E-state index contributed by atoms with van der Waals surface area (Å²) < 4.78 is 0. The molecule has 41 heteroatoms. The van der Waals surface area contributed by atoms with Crippen LogP contribution in [0.5, 0.6) is 0 Å². The first-order chi connectivity index (χ1) is 26.8. The van der Waals surface area contributed by atoms with Crippen LogP contribution in [-0.4, -0.2) is 224 Å². The van der Waals surface area contributed by atoms with E-state index in [1.807, 2.05) is 18.2 Å². The van der Waals surface area contributed by atoms with Gasteiger partial charge in [-0.1, -0.05) is 54.6 Å². The van der Waals surface area contributed by atoms with Crippen molar-refractivity contribution < 1.29 is 151 Å². The van der Waals surface area contributed by atoms with Gasteiger partial charge in [-0.3, -0.25) is 0 Å². The van der Waals surface area contributed by atoms with Crippen molar-refractivity contribution in [1.29, 1.82) is 0 Å². The highest BCUT2D eigenvalue weighted by atomic mass is 16.6. The molecule has 0 aliphatic carbocycles. The van der Waals surface area contributed by atoms with Gasteiger partial charge in [0, 0.05) is 17.1 Å². The van der Waals surface area contributed by atoms with Crippen LogP contribution in [-0.2, 0) is 0 Å². The summed E-state index contributed by atoms with van der Waals surface area (Å²) in [5.41, 5.74) is 3.50. The van der Waals surface area contributed by atoms with E-state index >= 15 is 0 Å². The van der Waals surface area contributed by atoms with Crippen LogP contribution in [0, 0.1) is 0 Å². The van der Waals surface area contributed by atoms with Gasteiger partial charge in [0.15, 0.2) is 0 Å². The Labute approximate surface area is 336 Å². The number of benzene rings is 3. The predicted octanol–water partition coefficient (Wildman–Crippen LogP) is -15.4. The second kappa shape index (κ2) is 54.9. The van der Waals surface area contributed by atoms with Crippen LogP contribution in [0.25, 0.3) is 0 Å². The van der Waals surface area contributed by atoms with Gasteiger partial charge in [-0.05, 0) is 36.4 Å². The quantitative estimate of drug-likeness (QED) is 0.109. The lowest BCUT2D eigenvalue weighted by molar-refractivity contribution is 0.276. The molecule has 0 fully saturated rings. The first-order valence-electron chi connectivity index (χ1n) is 14.1. The summed E-state index contributed by atoms with van der Waals surface area (Å²) in [7, 11) is -21.7. The van der Waals surface area contributed by atoms with Gasteiger partial charge >= 0.3 is 73.2 Å². The van der Waals surface area contributed by atoms with Crippen molar-refractivity contribution in [3.63, 3.8) is 0 Å². The van der Waals surface area contributed by atoms with Crippen LogP contribution >= 0.6 is 0 Å². The molecule has 0 aliphatic heterocycles. The van der Waals surface area contributed by atoms with Crippen LogP contribution in [0.3, 0.4) is 0 Å². The highest BCUT2D eigenvalue weighted by Crippen LogP contribution is 2.33. The molecule has 332 valence electrons. The summed E-state index contributed by atoms with van der Waals surface area (Å²) in [6.07, 6.45) is 0. The Morgan fingerprint density at radius 3 is 0.356 bits per heavy atom. The standard InChI is InChI=1S/C18H15N.10BH3O3/c1-4-10-16(11-5-1)19(17-12-6-2-7-13-17)18-14-8-3-9-15-18;10*2-1(3)4/h1-15H;10*2-4H. The van der Waals surface area contributed by atoms with Gasteiger partial charge in [-0.2, -0.15) is 0 Å². The summed E-state index contributed by atoms with van der Waals surface area (Å²) in [5, 5.41) is 215. The van der Waals surface area contributed by atoms with Gasteiger partial charge in [0.05, 0.1) is 0 Å². The van der Waals surface area contributed by atoms with Crippen LogP contribution in [0.1, 0.15) is 0 Å². The molecule has 3 aromatic carbocycles. The monoisotopic (exact) mass is 865 g/mol. The zero-order valence-electron chi connectivity index (χ0n) is 29.8. The minimum Gasteiger partial charge on any atom is -0.402 e. The van der Waals surface area contributed by atoms with Gasteiger partial charge < -0.3 is 156 Å². The molecule has 30 N–H and O–H groups in total. The smallest absolute Gasteiger partial charge is 0.402 e. The normalized spacial score (nSPS) is 7.83. The van der Waals surface area contributed by atoms with Crippen molar-refractivity contribution in [2.24, 2.45) is 0 Å². The van der Waals surface area contributed by atoms with E-state index in [1.165, 1.54) is 17.1 Å². The lowest BCUT2D eigenvalue weighted by Crippen LogP contribution is -2.09. The maximum absolute atomic E-state index is 7.17. The van der Waals surface area contributed by atoms with E-state index in [9.17, 15) is 0 Å². The Morgan fingerprint density at radius 2 is 0.271 bits per heavy atom. The SMILES string of the molecule is OB(O)O.OB(O)O.OB(O)O.OB(O)O.OB(O)O.OB(O)O.OB(O)O.OB(O)O.OB(O)O.OB(O)O.c1ccc(N(c2ccccc2)c2ccccc2)cc1. The molecule has 0 radical (unpaired) electrons. The van der Waals surface area contributed by atoms with Gasteiger partial charge in [0.25, 0.3) is 0 Å². The van der Waals surface area contributed by atoms with E-state index < -0.39 is 73.2 Å². The number of anilines is 3. The summed E-state index contributed by atoms with van der Waals surface area (Å²) in [6.45, 7) is 0. The van der Waals surface area contributed by atoms with Crippen molar-refractivity contribution >= 4 is 90.3 Å². The second-order valence-electron chi connectivity index (χ2n) is 7.81. The lowest BCUT2D eigenvalue weighted by Gasteiger charge is -2.25. The van der Waals surface area contributed by atoms with Crippen LogP contribution in [0.4, 0.5) is 17.1 Å². The van der Waals surface area contributed by atoms with E-state index in [2.05, 4.69) is 77.7 Å². The van der Waals surface area contributed by atoms with E-state index in [1.54, 1.807) is 0 Å². The van der Waals surface area contributed by atoms with Gasteiger partial charge in [-0.15, -0.1) is 0 Å². The number of rotatable bonds is 3. The summed E-state index contributed by atoms with van der Waals surface area (Å²) in [5.74, 6) is 0. The minimum atomic E-state index is -2.17. The second-order valence-corrected chi connectivity index (χ2v) is 7.81. The van der Waals surface area contributed by atoms with Crippen molar-refractivity contribution in [3.05, 3.63) is 91.0 Å². The fourth-order valence-electron chi connectivity index (χ4n) is 2.18. The number of nitrogens with zero attached hydrogens (tertiary/aromatic N) is 1. The Hall–Kier alpha value is -3.09. The number of para-hydroxylation sites is 3. The molecule has 0 atom stereocenters. The Balaban J connectivity index is -0.0000000910. The predicted molar refractivity (Wildman–Crippen MR) is 205 cm³/mol. The Kier molecular flexibility index (Phi) is 68.3. The van der Waals surface area contributed by atoms with E-state index in [0.717, 1.165) is 0 Å². The van der Waals surface area contributed by atoms with E-state index in [4.69, 9.17) is 151 Å². The fraction of sp³-hybridized carbons (Fsp3) is 0. The highest BCUT2D eigenvalue weighted by molar-refractivity contribution is 6.32. The Bertz CT molecular complexity index is 921. The molecule has 0 unspecified atom stereocenters.